The van der Waals surface area contributed by atoms with E-state index in [1.54, 1.807) is 0 Å². The number of hydrogen-bond acceptors (Lipinski definition) is 1. The van der Waals surface area contributed by atoms with Gasteiger partial charge >= 0.3 is 0 Å². The van der Waals surface area contributed by atoms with Crippen LogP contribution in [0.5, 0.6) is 0 Å². The summed E-state index contributed by atoms with van der Waals surface area (Å²) in [5.41, 5.74) is -0.0886. The molecular formula is C11H20O. The lowest BCUT2D eigenvalue weighted by atomic mass is 9.69. The minimum Gasteiger partial charge on any atom is -0.303 e. The highest BCUT2D eigenvalue weighted by atomic mass is 16.1. The second kappa shape index (κ2) is 3.59. The Hall–Kier alpha value is -0.330. The van der Waals surface area contributed by atoms with E-state index in [1.165, 1.54) is 25.7 Å². The molecule has 0 aliphatic heterocycles. The van der Waals surface area contributed by atoms with Crippen molar-refractivity contribution in [2.24, 2.45) is 17.3 Å². The van der Waals surface area contributed by atoms with Gasteiger partial charge in [0, 0.05) is 5.41 Å². The van der Waals surface area contributed by atoms with Gasteiger partial charge in [0.05, 0.1) is 0 Å². The average molecular weight is 168 g/mol. The maximum atomic E-state index is 10.8. The van der Waals surface area contributed by atoms with Crippen molar-refractivity contribution in [2.45, 2.75) is 46.5 Å². The van der Waals surface area contributed by atoms with Crippen LogP contribution in [0.3, 0.4) is 0 Å². The van der Waals surface area contributed by atoms with Crippen molar-refractivity contribution < 1.29 is 4.79 Å². The maximum Gasteiger partial charge on any atom is 0.125 e. The molecule has 1 aliphatic carbocycles. The Labute approximate surface area is 75.5 Å². The van der Waals surface area contributed by atoms with Crippen molar-refractivity contribution in [3.05, 3.63) is 0 Å². The zero-order valence-electron chi connectivity index (χ0n) is 8.47. The summed E-state index contributed by atoms with van der Waals surface area (Å²) in [5.74, 6) is 1.45. The van der Waals surface area contributed by atoms with Crippen molar-refractivity contribution in [1.29, 1.82) is 0 Å². The molecule has 0 heterocycles. The molecule has 0 radical (unpaired) electrons. The summed E-state index contributed by atoms with van der Waals surface area (Å²) >= 11 is 0. The minimum atomic E-state index is -0.0886. The lowest BCUT2D eigenvalue weighted by Gasteiger charge is -2.35. The van der Waals surface area contributed by atoms with Crippen molar-refractivity contribution in [1.82, 2.24) is 0 Å². The van der Waals surface area contributed by atoms with Gasteiger partial charge in [-0.05, 0) is 24.7 Å². The lowest BCUT2D eigenvalue weighted by molar-refractivity contribution is -0.118. The quantitative estimate of drug-likeness (QED) is 0.579. The fourth-order valence-electron chi connectivity index (χ4n) is 2.21. The van der Waals surface area contributed by atoms with E-state index in [4.69, 9.17) is 0 Å². The van der Waals surface area contributed by atoms with E-state index >= 15 is 0 Å². The van der Waals surface area contributed by atoms with E-state index in [0.29, 0.717) is 5.92 Å². The van der Waals surface area contributed by atoms with E-state index in [0.717, 1.165) is 12.2 Å². The molecule has 70 valence electrons. The van der Waals surface area contributed by atoms with Gasteiger partial charge in [-0.3, -0.25) is 0 Å². The third-order valence-corrected chi connectivity index (χ3v) is 3.29. The van der Waals surface area contributed by atoms with Crippen molar-refractivity contribution in [3.63, 3.8) is 0 Å². The molecule has 1 fully saturated rings. The molecule has 1 rings (SSSR count). The molecule has 2 unspecified atom stereocenters. The van der Waals surface area contributed by atoms with Gasteiger partial charge in [0.2, 0.25) is 0 Å². The van der Waals surface area contributed by atoms with Gasteiger partial charge in [-0.15, -0.1) is 0 Å². The third-order valence-electron chi connectivity index (χ3n) is 3.29. The summed E-state index contributed by atoms with van der Waals surface area (Å²) < 4.78 is 0. The molecule has 12 heavy (non-hydrogen) atoms. The predicted octanol–water partition coefficient (Wildman–Crippen LogP) is 3.04. The summed E-state index contributed by atoms with van der Waals surface area (Å²) in [6, 6.07) is 0. The molecular weight excluding hydrogens is 148 g/mol. The number of hydrogen-bond donors (Lipinski definition) is 0. The average Bonchev–Trinajstić information content (AvgIpc) is 2.05. The molecule has 1 heteroatoms. The number of rotatable bonds is 2. The standard InChI is InChI=1S/C11H20O/c1-9-5-4-6-10(7-9)11(2,3)8-12/h8-10H,4-7H2,1-3H3. The van der Waals surface area contributed by atoms with Crippen LogP contribution in [0.25, 0.3) is 0 Å². The molecule has 1 saturated carbocycles. The van der Waals surface area contributed by atoms with Crippen LogP contribution in [0.15, 0.2) is 0 Å². The fraction of sp³-hybridized carbons (Fsp3) is 0.909. The highest BCUT2D eigenvalue weighted by Crippen LogP contribution is 2.38. The monoisotopic (exact) mass is 168 g/mol. The molecule has 0 spiro atoms. The topological polar surface area (TPSA) is 17.1 Å². The van der Waals surface area contributed by atoms with Crippen LogP contribution in [-0.4, -0.2) is 6.29 Å². The van der Waals surface area contributed by atoms with Crippen LogP contribution in [0.2, 0.25) is 0 Å². The first-order chi connectivity index (χ1) is 5.56. The largest absolute Gasteiger partial charge is 0.303 e. The molecule has 0 amide bonds. The van der Waals surface area contributed by atoms with E-state index in [1.807, 2.05) is 0 Å². The van der Waals surface area contributed by atoms with E-state index in [-0.39, 0.29) is 5.41 Å². The summed E-state index contributed by atoms with van der Waals surface area (Å²) in [4.78, 5) is 10.8. The molecule has 0 bridgehead atoms. The molecule has 1 aliphatic rings. The van der Waals surface area contributed by atoms with Crippen LogP contribution in [-0.2, 0) is 4.79 Å². The zero-order chi connectivity index (χ0) is 9.19. The van der Waals surface area contributed by atoms with Gasteiger partial charge < -0.3 is 4.79 Å². The number of aldehydes is 1. The van der Waals surface area contributed by atoms with Gasteiger partial charge in [-0.25, -0.2) is 0 Å². The molecule has 0 aromatic heterocycles. The first kappa shape index (κ1) is 9.76. The SMILES string of the molecule is CC1CCCC(C(C)(C)C=O)C1. The van der Waals surface area contributed by atoms with Gasteiger partial charge in [0.15, 0.2) is 0 Å². The second-order valence-corrected chi connectivity index (χ2v) is 4.91. The summed E-state index contributed by atoms with van der Waals surface area (Å²) in [6.07, 6.45) is 6.28. The molecule has 0 aromatic carbocycles. The van der Waals surface area contributed by atoms with Gasteiger partial charge in [0.25, 0.3) is 0 Å². The van der Waals surface area contributed by atoms with Crippen molar-refractivity contribution >= 4 is 6.29 Å². The van der Waals surface area contributed by atoms with E-state index in [2.05, 4.69) is 20.8 Å². The summed E-state index contributed by atoms with van der Waals surface area (Å²) in [7, 11) is 0. The highest BCUT2D eigenvalue weighted by Gasteiger charge is 2.32. The smallest absolute Gasteiger partial charge is 0.125 e. The zero-order valence-corrected chi connectivity index (χ0v) is 8.47. The van der Waals surface area contributed by atoms with Crippen molar-refractivity contribution in [2.75, 3.05) is 0 Å². The predicted molar refractivity (Wildman–Crippen MR) is 51.0 cm³/mol. The summed E-state index contributed by atoms with van der Waals surface area (Å²) in [6.45, 7) is 6.44. The van der Waals surface area contributed by atoms with Crippen molar-refractivity contribution in [3.8, 4) is 0 Å². The highest BCUT2D eigenvalue weighted by molar-refractivity contribution is 5.58. The number of carbonyl (C=O) groups is 1. The van der Waals surface area contributed by atoms with Crippen LogP contribution in [0.1, 0.15) is 46.5 Å². The van der Waals surface area contributed by atoms with Crippen LogP contribution >= 0.6 is 0 Å². The Morgan fingerprint density at radius 2 is 2.00 bits per heavy atom. The minimum absolute atomic E-state index is 0.0886. The Bertz CT molecular complexity index is 160. The Kier molecular flexibility index (Phi) is 2.92. The summed E-state index contributed by atoms with van der Waals surface area (Å²) in [5, 5.41) is 0. The first-order valence-electron chi connectivity index (χ1n) is 5.02. The maximum absolute atomic E-state index is 10.8. The van der Waals surface area contributed by atoms with E-state index in [9.17, 15) is 4.79 Å². The van der Waals surface area contributed by atoms with Gasteiger partial charge in [0.1, 0.15) is 6.29 Å². The molecule has 0 N–H and O–H groups in total. The Balaban J connectivity index is 2.56. The fourth-order valence-corrected chi connectivity index (χ4v) is 2.21. The first-order valence-corrected chi connectivity index (χ1v) is 5.02. The normalized spacial score (nSPS) is 31.6. The van der Waals surface area contributed by atoms with Crippen LogP contribution in [0, 0.1) is 17.3 Å². The second-order valence-electron chi connectivity index (χ2n) is 4.91. The van der Waals surface area contributed by atoms with Crippen LogP contribution < -0.4 is 0 Å². The Morgan fingerprint density at radius 1 is 1.33 bits per heavy atom. The van der Waals surface area contributed by atoms with Gasteiger partial charge in [-0.2, -0.15) is 0 Å². The molecule has 0 aromatic rings. The Morgan fingerprint density at radius 3 is 2.50 bits per heavy atom. The third kappa shape index (κ3) is 2.09. The molecule has 1 nitrogen and oxygen atoms in total. The van der Waals surface area contributed by atoms with Crippen LogP contribution in [0.4, 0.5) is 0 Å². The van der Waals surface area contributed by atoms with Gasteiger partial charge in [-0.1, -0.05) is 33.6 Å². The molecule has 0 saturated heterocycles. The molecule has 2 atom stereocenters. The lowest BCUT2D eigenvalue weighted by Crippen LogP contribution is -2.29. The number of carbonyl (C=O) groups excluding carboxylic acids is 1. The van der Waals surface area contributed by atoms with E-state index < -0.39 is 0 Å².